The van der Waals surface area contributed by atoms with E-state index in [2.05, 4.69) is 31.0 Å². The zero-order valence-electron chi connectivity index (χ0n) is 14.3. The van der Waals surface area contributed by atoms with Gasteiger partial charge in [-0.1, -0.05) is 36.4 Å². The monoisotopic (exact) mass is 324 g/mol. The van der Waals surface area contributed by atoms with Gasteiger partial charge in [-0.3, -0.25) is 9.78 Å². The summed E-state index contributed by atoms with van der Waals surface area (Å²) in [7, 11) is 0. The van der Waals surface area contributed by atoms with Crippen molar-refractivity contribution in [2.75, 3.05) is 13.2 Å². The number of aryl methyl sites for hydroxylation is 1. The number of pyridine rings is 1. The van der Waals surface area contributed by atoms with Gasteiger partial charge in [0, 0.05) is 18.3 Å². The first-order valence-electron chi connectivity index (χ1n) is 8.43. The van der Waals surface area contributed by atoms with Crippen molar-refractivity contribution in [2.24, 2.45) is 0 Å². The Balaban J connectivity index is 1.68. The lowest BCUT2D eigenvalue weighted by Gasteiger charge is -2.45. The van der Waals surface area contributed by atoms with E-state index >= 15 is 0 Å². The van der Waals surface area contributed by atoms with Gasteiger partial charge in [-0.2, -0.15) is 0 Å². The molecule has 1 fully saturated rings. The molecule has 0 aliphatic carbocycles. The third-order valence-corrected chi connectivity index (χ3v) is 4.51. The fourth-order valence-corrected chi connectivity index (χ4v) is 3.07. The number of ether oxygens (including phenoxy) is 1. The van der Waals surface area contributed by atoms with Crippen molar-refractivity contribution in [1.82, 2.24) is 9.88 Å². The van der Waals surface area contributed by atoms with Crippen LogP contribution in [0.1, 0.15) is 37.6 Å². The van der Waals surface area contributed by atoms with Gasteiger partial charge in [-0.25, -0.2) is 0 Å². The van der Waals surface area contributed by atoms with Crippen molar-refractivity contribution in [3.05, 3.63) is 66.0 Å². The molecule has 1 atom stereocenters. The largest absolute Gasteiger partial charge is 0.369 e. The standard InChI is InChI=1S/C20H24N2O2/c1-20(2)15-24-18(16-8-4-3-5-9-16)14-22(20)19(23)12-11-17-10-6-7-13-21-17/h3-10,13,18H,11-12,14-15H2,1-2H3. The second-order valence-corrected chi connectivity index (χ2v) is 6.85. The van der Waals surface area contributed by atoms with Crippen LogP contribution in [0.25, 0.3) is 0 Å². The highest BCUT2D eigenvalue weighted by Crippen LogP contribution is 2.30. The highest BCUT2D eigenvalue weighted by molar-refractivity contribution is 5.77. The highest BCUT2D eigenvalue weighted by atomic mass is 16.5. The zero-order valence-corrected chi connectivity index (χ0v) is 14.3. The molecule has 2 heterocycles. The third-order valence-electron chi connectivity index (χ3n) is 4.51. The molecule has 0 saturated carbocycles. The molecule has 1 aliphatic heterocycles. The van der Waals surface area contributed by atoms with Crippen LogP contribution in [0, 0.1) is 0 Å². The predicted octanol–water partition coefficient (Wildman–Crippen LogP) is 3.39. The van der Waals surface area contributed by atoms with Gasteiger partial charge in [0.2, 0.25) is 5.91 Å². The summed E-state index contributed by atoms with van der Waals surface area (Å²) < 4.78 is 6.02. The van der Waals surface area contributed by atoms with Gasteiger partial charge in [-0.05, 0) is 38.0 Å². The quantitative estimate of drug-likeness (QED) is 0.866. The van der Waals surface area contributed by atoms with Crippen molar-refractivity contribution in [3.8, 4) is 0 Å². The summed E-state index contributed by atoms with van der Waals surface area (Å²) in [5, 5.41) is 0. The van der Waals surface area contributed by atoms with Crippen LogP contribution in [0.15, 0.2) is 54.7 Å². The Morgan fingerprint density at radius 2 is 1.96 bits per heavy atom. The maximum atomic E-state index is 12.8. The lowest BCUT2D eigenvalue weighted by molar-refractivity contribution is -0.154. The van der Waals surface area contributed by atoms with E-state index in [1.807, 2.05) is 41.3 Å². The summed E-state index contributed by atoms with van der Waals surface area (Å²) in [6.45, 7) is 5.26. The van der Waals surface area contributed by atoms with Gasteiger partial charge in [0.15, 0.2) is 0 Å². The molecular weight excluding hydrogens is 300 g/mol. The lowest BCUT2D eigenvalue weighted by atomic mass is 9.97. The molecule has 4 heteroatoms. The van der Waals surface area contributed by atoms with Crippen LogP contribution < -0.4 is 0 Å². The average molecular weight is 324 g/mol. The molecule has 1 saturated heterocycles. The number of amides is 1. The van der Waals surface area contributed by atoms with Gasteiger partial charge in [0.05, 0.1) is 18.7 Å². The summed E-state index contributed by atoms with van der Waals surface area (Å²) in [5.74, 6) is 0.162. The number of carbonyl (C=O) groups excluding carboxylic acids is 1. The molecule has 1 aromatic heterocycles. The number of benzene rings is 1. The molecule has 0 N–H and O–H groups in total. The number of hydrogen-bond acceptors (Lipinski definition) is 3. The van der Waals surface area contributed by atoms with Crippen LogP contribution >= 0.6 is 0 Å². The van der Waals surface area contributed by atoms with E-state index < -0.39 is 0 Å². The molecule has 1 amide bonds. The zero-order chi connectivity index (χ0) is 17.0. The smallest absolute Gasteiger partial charge is 0.223 e. The summed E-state index contributed by atoms with van der Waals surface area (Å²) >= 11 is 0. The maximum Gasteiger partial charge on any atom is 0.223 e. The van der Waals surface area contributed by atoms with Crippen LogP contribution in [0.3, 0.4) is 0 Å². The molecule has 1 unspecified atom stereocenters. The van der Waals surface area contributed by atoms with Gasteiger partial charge in [-0.15, -0.1) is 0 Å². The Bertz CT molecular complexity index is 671. The first-order valence-corrected chi connectivity index (χ1v) is 8.43. The predicted molar refractivity (Wildman–Crippen MR) is 93.5 cm³/mol. The minimum Gasteiger partial charge on any atom is -0.369 e. The molecule has 0 bridgehead atoms. The van der Waals surface area contributed by atoms with Crippen molar-refractivity contribution < 1.29 is 9.53 Å². The topological polar surface area (TPSA) is 42.4 Å². The Hall–Kier alpha value is -2.20. The van der Waals surface area contributed by atoms with E-state index in [9.17, 15) is 4.79 Å². The van der Waals surface area contributed by atoms with Crippen LogP contribution in [-0.2, 0) is 16.0 Å². The van der Waals surface area contributed by atoms with Crippen LogP contribution in [0.2, 0.25) is 0 Å². The molecule has 126 valence electrons. The molecule has 4 nitrogen and oxygen atoms in total. The second kappa shape index (κ2) is 7.14. The van der Waals surface area contributed by atoms with Crippen LogP contribution in [-0.4, -0.2) is 34.5 Å². The fraction of sp³-hybridized carbons (Fsp3) is 0.400. The molecule has 24 heavy (non-hydrogen) atoms. The first kappa shape index (κ1) is 16.7. The SMILES string of the molecule is CC1(C)COC(c2ccccc2)CN1C(=O)CCc1ccccn1. The van der Waals surface area contributed by atoms with Crippen LogP contribution in [0.4, 0.5) is 0 Å². The van der Waals surface area contributed by atoms with E-state index in [4.69, 9.17) is 4.74 Å². The van der Waals surface area contributed by atoms with Crippen molar-refractivity contribution >= 4 is 5.91 Å². The van der Waals surface area contributed by atoms with Crippen LogP contribution in [0.5, 0.6) is 0 Å². The third kappa shape index (κ3) is 3.82. The molecule has 3 rings (SSSR count). The van der Waals surface area contributed by atoms with Crippen molar-refractivity contribution in [3.63, 3.8) is 0 Å². The van der Waals surface area contributed by atoms with Gasteiger partial charge in [0.1, 0.15) is 6.10 Å². The van der Waals surface area contributed by atoms with E-state index in [-0.39, 0.29) is 17.6 Å². The second-order valence-electron chi connectivity index (χ2n) is 6.85. The summed E-state index contributed by atoms with van der Waals surface area (Å²) in [6.07, 6.45) is 2.85. The van der Waals surface area contributed by atoms with E-state index in [0.29, 0.717) is 26.0 Å². The van der Waals surface area contributed by atoms with Gasteiger partial charge < -0.3 is 9.64 Å². The number of morpholine rings is 1. The highest BCUT2D eigenvalue weighted by Gasteiger charge is 2.38. The van der Waals surface area contributed by atoms with Gasteiger partial charge in [0.25, 0.3) is 0 Å². The van der Waals surface area contributed by atoms with E-state index in [1.54, 1.807) is 6.20 Å². The summed E-state index contributed by atoms with van der Waals surface area (Å²) in [4.78, 5) is 19.1. The van der Waals surface area contributed by atoms with Gasteiger partial charge >= 0.3 is 0 Å². The van der Waals surface area contributed by atoms with E-state index in [1.165, 1.54) is 0 Å². The number of carbonyl (C=O) groups is 1. The molecule has 1 aliphatic rings. The Labute approximate surface area is 143 Å². The molecule has 0 spiro atoms. The molecule has 0 radical (unpaired) electrons. The number of rotatable bonds is 4. The van der Waals surface area contributed by atoms with Crippen molar-refractivity contribution in [1.29, 1.82) is 0 Å². The summed E-state index contributed by atoms with van der Waals surface area (Å²) in [5.41, 5.74) is 1.79. The maximum absolute atomic E-state index is 12.8. The Morgan fingerprint density at radius 1 is 1.21 bits per heavy atom. The fourth-order valence-electron chi connectivity index (χ4n) is 3.07. The molecule has 1 aromatic carbocycles. The van der Waals surface area contributed by atoms with E-state index in [0.717, 1.165) is 11.3 Å². The normalized spacial score (nSPS) is 19.9. The Morgan fingerprint density at radius 3 is 2.67 bits per heavy atom. The molecular formula is C20H24N2O2. The Kier molecular flexibility index (Phi) is 4.95. The number of aromatic nitrogens is 1. The molecule has 2 aromatic rings. The lowest BCUT2D eigenvalue weighted by Crippen LogP contribution is -2.56. The first-order chi connectivity index (χ1) is 11.6. The number of nitrogens with zero attached hydrogens (tertiary/aromatic N) is 2. The number of hydrogen-bond donors (Lipinski definition) is 0. The average Bonchev–Trinajstić information content (AvgIpc) is 2.61. The minimum absolute atomic E-state index is 0.0574. The minimum atomic E-state index is -0.285. The summed E-state index contributed by atoms with van der Waals surface area (Å²) in [6, 6.07) is 15.9. The van der Waals surface area contributed by atoms with Crippen molar-refractivity contribution in [2.45, 2.75) is 38.3 Å².